The van der Waals surface area contributed by atoms with Crippen molar-refractivity contribution < 1.29 is 9.59 Å². The SMILES string of the molecule is CCCC=CC=O.CCCCCCCCCC=C(C=O)CCCCCCC. The minimum Gasteiger partial charge on any atom is -0.299 e. The fourth-order valence-corrected chi connectivity index (χ4v) is 2.85. The van der Waals surface area contributed by atoms with Gasteiger partial charge in [-0.05, 0) is 43.8 Å². The van der Waals surface area contributed by atoms with Crippen LogP contribution >= 0.6 is 0 Å². The van der Waals surface area contributed by atoms with Gasteiger partial charge in [0.1, 0.15) is 12.6 Å². The molecule has 2 nitrogen and oxygen atoms in total. The fraction of sp³-hybridized carbons (Fsp3) is 0.760. The van der Waals surface area contributed by atoms with E-state index in [9.17, 15) is 9.59 Å². The number of carbonyl (C=O) groups is 2. The topological polar surface area (TPSA) is 34.1 Å². The van der Waals surface area contributed by atoms with E-state index in [1.807, 2.05) is 6.08 Å². The van der Waals surface area contributed by atoms with Gasteiger partial charge < -0.3 is 0 Å². The van der Waals surface area contributed by atoms with Gasteiger partial charge >= 0.3 is 0 Å². The molecule has 0 aromatic rings. The van der Waals surface area contributed by atoms with Crippen LogP contribution in [-0.4, -0.2) is 12.6 Å². The third-order valence-electron chi connectivity index (χ3n) is 4.60. The second-order valence-electron chi connectivity index (χ2n) is 7.32. The van der Waals surface area contributed by atoms with Gasteiger partial charge in [0, 0.05) is 0 Å². The molecule has 0 heterocycles. The van der Waals surface area contributed by atoms with Gasteiger partial charge in [0.2, 0.25) is 0 Å². The van der Waals surface area contributed by atoms with Crippen molar-refractivity contribution in [1.82, 2.24) is 0 Å². The predicted molar refractivity (Wildman–Crippen MR) is 120 cm³/mol. The molecule has 0 fully saturated rings. The highest BCUT2D eigenvalue weighted by atomic mass is 16.1. The molecule has 0 amide bonds. The zero-order chi connectivity index (χ0) is 20.4. The summed E-state index contributed by atoms with van der Waals surface area (Å²) in [5.74, 6) is 0. The summed E-state index contributed by atoms with van der Waals surface area (Å²) >= 11 is 0. The maximum Gasteiger partial charge on any atom is 0.145 e. The quantitative estimate of drug-likeness (QED) is 0.137. The van der Waals surface area contributed by atoms with E-state index >= 15 is 0 Å². The number of allylic oxidation sites excluding steroid dienone is 4. The van der Waals surface area contributed by atoms with E-state index in [2.05, 4.69) is 26.8 Å². The highest BCUT2D eigenvalue weighted by Crippen LogP contribution is 2.13. The number of hydrogen-bond donors (Lipinski definition) is 0. The lowest BCUT2D eigenvalue weighted by Gasteiger charge is -2.02. The molecule has 0 N–H and O–H groups in total. The molecule has 0 unspecified atom stereocenters. The Labute approximate surface area is 169 Å². The molecular formula is C25H46O2. The molecule has 0 radical (unpaired) electrons. The standard InChI is InChI=1S/C19H36O.C6H10O/c1-3-5-7-9-10-11-13-15-17-19(18-20)16-14-12-8-6-4-2;1-2-3-4-5-6-7/h17-18H,3-16H2,1-2H3;4-6H,2-3H2,1H3. The van der Waals surface area contributed by atoms with E-state index in [0.717, 1.165) is 43.8 Å². The average molecular weight is 379 g/mol. The van der Waals surface area contributed by atoms with Gasteiger partial charge in [-0.1, -0.05) is 104 Å². The fourth-order valence-electron chi connectivity index (χ4n) is 2.85. The predicted octanol–water partition coefficient (Wildman–Crippen LogP) is 8.15. The van der Waals surface area contributed by atoms with Crippen LogP contribution in [0.1, 0.15) is 124 Å². The molecule has 0 atom stereocenters. The first-order chi connectivity index (χ1) is 13.3. The van der Waals surface area contributed by atoms with Crippen molar-refractivity contribution in [1.29, 1.82) is 0 Å². The van der Waals surface area contributed by atoms with Crippen LogP contribution in [0.15, 0.2) is 23.8 Å². The van der Waals surface area contributed by atoms with E-state index in [-0.39, 0.29) is 0 Å². The first-order valence-corrected chi connectivity index (χ1v) is 11.5. The highest BCUT2D eigenvalue weighted by molar-refractivity contribution is 5.72. The van der Waals surface area contributed by atoms with Crippen molar-refractivity contribution in [2.45, 2.75) is 124 Å². The van der Waals surface area contributed by atoms with Crippen molar-refractivity contribution in [3.05, 3.63) is 23.8 Å². The average Bonchev–Trinajstić information content (AvgIpc) is 2.69. The van der Waals surface area contributed by atoms with Crippen molar-refractivity contribution in [3.8, 4) is 0 Å². The third-order valence-corrected chi connectivity index (χ3v) is 4.60. The molecule has 0 aliphatic carbocycles. The molecule has 0 saturated heterocycles. The number of unbranched alkanes of at least 4 members (excludes halogenated alkanes) is 12. The van der Waals surface area contributed by atoms with Crippen LogP contribution in [0.3, 0.4) is 0 Å². The van der Waals surface area contributed by atoms with Crippen LogP contribution in [0.5, 0.6) is 0 Å². The molecule has 0 aromatic carbocycles. The summed E-state index contributed by atoms with van der Waals surface area (Å²) < 4.78 is 0. The van der Waals surface area contributed by atoms with E-state index in [0.29, 0.717) is 0 Å². The Bertz CT molecular complexity index is 355. The van der Waals surface area contributed by atoms with Gasteiger partial charge in [0.15, 0.2) is 0 Å². The smallest absolute Gasteiger partial charge is 0.145 e. The van der Waals surface area contributed by atoms with Crippen LogP contribution in [0, 0.1) is 0 Å². The maximum atomic E-state index is 11.0. The van der Waals surface area contributed by atoms with Crippen LogP contribution in [0.2, 0.25) is 0 Å². The minimum absolute atomic E-state index is 0.801. The zero-order valence-electron chi connectivity index (χ0n) is 18.5. The third kappa shape index (κ3) is 27.1. The Balaban J connectivity index is 0. The maximum absolute atomic E-state index is 11.0. The summed E-state index contributed by atoms with van der Waals surface area (Å²) in [6.07, 6.45) is 27.5. The van der Waals surface area contributed by atoms with E-state index in [4.69, 9.17) is 0 Å². The minimum atomic E-state index is 0.801. The number of rotatable bonds is 18. The van der Waals surface area contributed by atoms with Gasteiger partial charge in [-0.15, -0.1) is 0 Å². The molecule has 0 aromatic heterocycles. The molecule has 2 heteroatoms. The first-order valence-electron chi connectivity index (χ1n) is 11.5. The number of aldehydes is 2. The molecule has 0 aliphatic heterocycles. The largest absolute Gasteiger partial charge is 0.299 e. The molecule has 0 rings (SSSR count). The summed E-state index contributed by atoms with van der Waals surface area (Å²) in [6.45, 7) is 6.57. The first kappa shape index (κ1) is 28.0. The summed E-state index contributed by atoms with van der Waals surface area (Å²) in [4.78, 5) is 20.6. The van der Waals surface area contributed by atoms with Crippen LogP contribution in [0.4, 0.5) is 0 Å². The van der Waals surface area contributed by atoms with Crippen molar-refractivity contribution >= 4 is 12.6 Å². The molecule has 0 saturated carbocycles. The second kappa shape index (κ2) is 27.0. The number of hydrogen-bond acceptors (Lipinski definition) is 2. The molecule has 0 bridgehead atoms. The Hall–Kier alpha value is -1.18. The van der Waals surface area contributed by atoms with Gasteiger partial charge in [-0.2, -0.15) is 0 Å². The Kier molecular flexibility index (Phi) is 28.1. The molecule has 0 aliphatic rings. The summed E-state index contributed by atoms with van der Waals surface area (Å²) in [7, 11) is 0. The van der Waals surface area contributed by atoms with E-state index < -0.39 is 0 Å². The van der Waals surface area contributed by atoms with E-state index in [1.54, 1.807) is 0 Å². The molecule has 0 spiro atoms. The second-order valence-corrected chi connectivity index (χ2v) is 7.32. The Morgan fingerprint density at radius 1 is 0.630 bits per heavy atom. The Morgan fingerprint density at radius 2 is 1.19 bits per heavy atom. The summed E-state index contributed by atoms with van der Waals surface area (Å²) in [5.41, 5.74) is 1.03. The number of carbonyl (C=O) groups excluding carboxylic acids is 2. The molecule has 27 heavy (non-hydrogen) atoms. The van der Waals surface area contributed by atoms with Crippen molar-refractivity contribution in [3.63, 3.8) is 0 Å². The van der Waals surface area contributed by atoms with Gasteiger partial charge in [-0.3, -0.25) is 9.59 Å². The van der Waals surface area contributed by atoms with Gasteiger partial charge in [0.25, 0.3) is 0 Å². The lowest BCUT2D eigenvalue weighted by molar-refractivity contribution is -0.105. The van der Waals surface area contributed by atoms with Crippen LogP contribution in [-0.2, 0) is 9.59 Å². The monoisotopic (exact) mass is 378 g/mol. The summed E-state index contributed by atoms with van der Waals surface area (Å²) in [6, 6.07) is 0. The lowest BCUT2D eigenvalue weighted by Crippen LogP contribution is -1.87. The van der Waals surface area contributed by atoms with Gasteiger partial charge in [0.05, 0.1) is 0 Å². The summed E-state index contributed by atoms with van der Waals surface area (Å²) in [5, 5.41) is 0. The van der Waals surface area contributed by atoms with E-state index in [1.165, 1.54) is 83.1 Å². The molecular weight excluding hydrogens is 332 g/mol. The highest BCUT2D eigenvalue weighted by Gasteiger charge is 1.96. The normalized spacial score (nSPS) is 11.3. The lowest BCUT2D eigenvalue weighted by atomic mass is 10.0. The Morgan fingerprint density at radius 3 is 1.70 bits per heavy atom. The van der Waals surface area contributed by atoms with Crippen LogP contribution < -0.4 is 0 Å². The van der Waals surface area contributed by atoms with Gasteiger partial charge in [-0.25, -0.2) is 0 Å². The molecule has 158 valence electrons. The zero-order valence-corrected chi connectivity index (χ0v) is 18.5. The van der Waals surface area contributed by atoms with Crippen molar-refractivity contribution in [2.24, 2.45) is 0 Å². The van der Waals surface area contributed by atoms with Crippen molar-refractivity contribution in [2.75, 3.05) is 0 Å². The van der Waals surface area contributed by atoms with Crippen LogP contribution in [0.25, 0.3) is 0 Å².